The minimum atomic E-state index is -0.789. The van der Waals surface area contributed by atoms with E-state index in [-0.39, 0.29) is 28.7 Å². The molecule has 0 saturated carbocycles. The smallest absolute Gasteiger partial charge is 0.308 e. The van der Waals surface area contributed by atoms with Crippen molar-refractivity contribution in [3.8, 4) is 0 Å². The van der Waals surface area contributed by atoms with Crippen LogP contribution in [-0.2, 0) is 20.9 Å². The Labute approximate surface area is 229 Å². The maximum atomic E-state index is 13.8. The Kier molecular flexibility index (Phi) is 6.44. The van der Waals surface area contributed by atoms with Gasteiger partial charge in [0.1, 0.15) is 11.8 Å². The number of nitro benzene ring substituents is 1. The fourth-order valence-electron chi connectivity index (χ4n) is 5.39. The number of aromatic nitrogens is 1. The van der Waals surface area contributed by atoms with E-state index in [2.05, 4.69) is 0 Å². The molecule has 3 aliphatic rings. The summed E-state index contributed by atoms with van der Waals surface area (Å²) in [6.45, 7) is 1.25. The van der Waals surface area contributed by atoms with Gasteiger partial charge in [-0.15, -0.1) is 11.3 Å². The molecule has 5 heterocycles. The second-order valence-corrected chi connectivity index (χ2v) is 12.5. The average molecular weight is 571 g/mol. The number of nitro groups is 1. The summed E-state index contributed by atoms with van der Waals surface area (Å²) in [6, 6.07) is 9.10. The maximum absolute atomic E-state index is 13.8. The number of hydrogen-bond donors (Lipinski definition) is 0. The molecule has 2 aromatic heterocycles. The van der Waals surface area contributed by atoms with Gasteiger partial charge in [-0.2, -0.15) is 0 Å². The number of non-ortho nitro benzene ring substituents is 1. The Morgan fingerprint density at radius 2 is 1.76 bits per heavy atom. The summed E-state index contributed by atoms with van der Waals surface area (Å²) < 4.78 is 1.46. The molecule has 1 aromatic carbocycles. The van der Waals surface area contributed by atoms with Crippen LogP contribution >= 0.6 is 34.4 Å². The van der Waals surface area contributed by atoms with Crippen LogP contribution in [0.1, 0.15) is 34.9 Å². The second kappa shape index (κ2) is 9.79. The molecule has 3 amide bonds. The number of piperidine rings is 1. The fourth-order valence-corrected chi connectivity index (χ4v) is 9.11. The predicted molar refractivity (Wildman–Crippen MR) is 144 cm³/mol. The number of imide groups is 1. The van der Waals surface area contributed by atoms with Gasteiger partial charge < -0.3 is 4.90 Å². The number of hydrogen-bond acceptors (Lipinski definition) is 9. The summed E-state index contributed by atoms with van der Waals surface area (Å²) in [6.07, 6.45) is 2.97. The van der Waals surface area contributed by atoms with Crippen molar-refractivity contribution in [2.75, 3.05) is 18.0 Å². The Hall–Kier alpha value is -3.29. The van der Waals surface area contributed by atoms with E-state index >= 15 is 0 Å². The van der Waals surface area contributed by atoms with Crippen LogP contribution in [0.3, 0.4) is 0 Å². The third-order valence-corrected chi connectivity index (χ3v) is 10.8. The monoisotopic (exact) mass is 570 g/mol. The highest BCUT2D eigenvalue weighted by atomic mass is 32.2. The fraction of sp³-hybridized carbons (Fsp3) is 0.360. The van der Waals surface area contributed by atoms with Gasteiger partial charge in [-0.3, -0.25) is 33.9 Å². The predicted octanol–water partition coefficient (Wildman–Crippen LogP) is 3.69. The Morgan fingerprint density at radius 1 is 1.03 bits per heavy atom. The van der Waals surface area contributed by atoms with Crippen molar-refractivity contribution in [2.45, 2.75) is 42.0 Å². The first kappa shape index (κ1) is 25.0. The molecule has 3 atom stereocenters. The molecule has 2 unspecified atom stereocenters. The van der Waals surface area contributed by atoms with Crippen LogP contribution in [-0.4, -0.2) is 50.5 Å². The van der Waals surface area contributed by atoms with E-state index in [0.717, 1.165) is 40.4 Å². The Bertz CT molecular complexity index is 1490. The lowest BCUT2D eigenvalue weighted by atomic mass is 9.87. The summed E-state index contributed by atoms with van der Waals surface area (Å²) >= 11 is 3.65. The molecular weight excluding hydrogens is 548 g/mol. The molecule has 6 rings (SSSR count). The first-order valence-corrected chi connectivity index (χ1v) is 14.8. The minimum Gasteiger partial charge on any atom is -0.341 e. The number of rotatable bonds is 5. The molecule has 10 nitrogen and oxygen atoms in total. The molecule has 0 radical (unpaired) electrons. The molecule has 38 heavy (non-hydrogen) atoms. The van der Waals surface area contributed by atoms with E-state index in [1.54, 1.807) is 4.90 Å². The van der Waals surface area contributed by atoms with Gasteiger partial charge in [0.15, 0.2) is 0 Å². The average Bonchev–Trinajstić information content (AvgIpc) is 3.62. The topological polar surface area (TPSA) is 123 Å². The van der Waals surface area contributed by atoms with Crippen LogP contribution in [0.2, 0.25) is 0 Å². The first-order chi connectivity index (χ1) is 18.3. The molecule has 196 valence electrons. The first-order valence-electron chi connectivity index (χ1n) is 12.2. The zero-order chi connectivity index (χ0) is 26.6. The Morgan fingerprint density at radius 3 is 2.42 bits per heavy atom. The maximum Gasteiger partial charge on any atom is 0.308 e. The van der Waals surface area contributed by atoms with Gasteiger partial charge in [0.2, 0.25) is 17.7 Å². The molecule has 2 fully saturated rings. The number of carbonyl (C=O) groups is 3. The molecule has 0 bridgehead atoms. The van der Waals surface area contributed by atoms with Crippen molar-refractivity contribution >= 4 is 63.5 Å². The molecule has 3 aromatic rings. The third-order valence-electron chi connectivity index (χ3n) is 7.22. The van der Waals surface area contributed by atoms with Crippen molar-refractivity contribution in [3.63, 3.8) is 0 Å². The van der Waals surface area contributed by atoms with Crippen molar-refractivity contribution < 1.29 is 19.3 Å². The third kappa shape index (κ3) is 4.09. The number of thiazole rings is 1. The van der Waals surface area contributed by atoms with E-state index in [0.29, 0.717) is 23.0 Å². The van der Waals surface area contributed by atoms with E-state index in [9.17, 15) is 29.3 Å². The number of thioether (sulfide) groups is 1. The summed E-state index contributed by atoms with van der Waals surface area (Å²) in [5.41, 5.74) is 0.132. The minimum absolute atomic E-state index is 0.0968. The van der Waals surface area contributed by atoms with Crippen molar-refractivity contribution in [1.29, 1.82) is 0 Å². The van der Waals surface area contributed by atoms with Gasteiger partial charge in [-0.25, -0.2) is 4.90 Å². The van der Waals surface area contributed by atoms with Crippen LogP contribution < -0.4 is 9.77 Å². The molecule has 3 aliphatic heterocycles. The van der Waals surface area contributed by atoms with Crippen LogP contribution in [0.15, 0.2) is 51.6 Å². The van der Waals surface area contributed by atoms with Crippen LogP contribution in [0.5, 0.6) is 0 Å². The van der Waals surface area contributed by atoms with Crippen molar-refractivity contribution in [2.24, 2.45) is 5.92 Å². The molecule has 0 aliphatic carbocycles. The Balaban J connectivity index is 1.39. The van der Waals surface area contributed by atoms with E-state index in [1.165, 1.54) is 51.9 Å². The number of likely N-dealkylation sites (tertiary alicyclic amines) is 1. The number of carbonyl (C=O) groups excluding carboxylic acids is 3. The van der Waals surface area contributed by atoms with Gasteiger partial charge in [0.05, 0.1) is 21.6 Å². The second-order valence-electron chi connectivity index (χ2n) is 9.41. The normalized spacial score (nSPS) is 22.9. The van der Waals surface area contributed by atoms with Gasteiger partial charge in [-0.05, 0) is 42.8 Å². The number of amides is 3. The number of fused-ring (bicyclic) bond motifs is 2. The van der Waals surface area contributed by atoms with Crippen molar-refractivity contribution in [1.82, 2.24) is 9.47 Å². The number of anilines is 1. The highest BCUT2D eigenvalue weighted by Crippen LogP contribution is 2.54. The summed E-state index contributed by atoms with van der Waals surface area (Å²) in [5, 5.41) is 12.7. The number of thiophene rings is 1. The quantitative estimate of drug-likeness (QED) is 0.260. The van der Waals surface area contributed by atoms with Gasteiger partial charge >= 0.3 is 4.87 Å². The SMILES string of the molecule is O=C(Cn1c2c(sc1=O)[C@H](c1cccs1)C1C(=O)N(c3ccc([N+](=O)[O-])cc3)C(=O)C1S2)N1CCCCC1. The van der Waals surface area contributed by atoms with E-state index in [4.69, 9.17) is 0 Å². The summed E-state index contributed by atoms with van der Waals surface area (Å²) in [7, 11) is 0. The number of benzene rings is 1. The largest absolute Gasteiger partial charge is 0.341 e. The van der Waals surface area contributed by atoms with Crippen LogP contribution in [0, 0.1) is 16.0 Å². The lowest BCUT2D eigenvalue weighted by Gasteiger charge is -2.30. The van der Waals surface area contributed by atoms with Gasteiger partial charge in [-0.1, -0.05) is 29.2 Å². The van der Waals surface area contributed by atoms with Crippen molar-refractivity contribution in [3.05, 3.63) is 71.3 Å². The lowest BCUT2D eigenvalue weighted by molar-refractivity contribution is -0.384. The number of nitrogens with zero attached hydrogens (tertiary/aromatic N) is 4. The molecule has 0 N–H and O–H groups in total. The van der Waals surface area contributed by atoms with Crippen LogP contribution in [0.25, 0.3) is 0 Å². The van der Waals surface area contributed by atoms with E-state index in [1.807, 2.05) is 17.5 Å². The zero-order valence-corrected chi connectivity index (χ0v) is 22.4. The molecule has 13 heteroatoms. The van der Waals surface area contributed by atoms with Gasteiger partial charge in [0.25, 0.3) is 5.69 Å². The highest BCUT2D eigenvalue weighted by Gasteiger charge is 2.57. The highest BCUT2D eigenvalue weighted by molar-refractivity contribution is 8.00. The van der Waals surface area contributed by atoms with Crippen LogP contribution in [0.4, 0.5) is 11.4 Å². The zero-order valence-electron chi connectivity index (χ0n) is 20.0. The van der Waals surface area contributed by atoms with E-state index < -0.39 is 33.8 Å². The molecule has 0 spiro atoms. The summed E-state index contributed by atoms with van der Waals surface area (Å²) in [4.78, 5) is 68.4. The summed E-state index contributed by atoms with van der Waals surface area (Å²) in [5.74, 6) is -2.19. The van der Waals surface area contributed by atoms with Gasteiger partial charge in [0, 0.05) is 40.9 Å². The lowest BCUT2D eigenvalue weighted by Crippen LogP contribution is -2.39. The molecule has 2 saturated heterocycles. The molecular formula is C25H22N4O6S3. The standard InChI is InChI=1S/C25H22N4O6S3/c30-17(26-10-2-1-3-11-26)13-27-24-21(38-25(27)33)18(16-5-4-12-36-16)19-20(37-24)23(32)28(22(19)31)14-6-8-15(9-7-14)29(34)35/h4-9,12,18-20H,1-3,10-11,13H2/t18-,19?,20?/m1/s1.